The molecule has 126 valence electrons. The first-order chi connectivity index (χ1) is 12.2. The van der Waals surface area contributed by atoms with E-state index < -0.39 is 0 Å². The Labute approximate surface area is 157 Å². The van der Waals surface area contributed by atoms with Crippen LogP contribution in [0.2, 0.25) is 5.02 Å². The van der Waals surface area contributed by atoms with E-state index >= 15 is 0 Å². The summed E-state index contributed by atoms with van der Waals surface area (Å²) in [5.74, 6) is 2.33. The van der Waals surface area contributed by atoms with E-state index in [1.807, 2.05) is 42.5 Å². The summed E-state index contributed by atoms with van der Waals surface area (Å²) in [6.45, 7) is 0. The standard InChI is InChI=1S/C17H12ClN3O2S2/c1-22-13-5-3-2-4-11(13)16-20-15(23-21-16)9-24-17-19-12-8-10(18)6-7-14(12)25-17/h2-8H,9H2,1H3. The average molecular weight is 390 g/mol. The Morgan fingerprint density at radius 2 is 2.08 bits per heavy atom. The summed E-state index contributed by atoms with van der Waals surface area (Å²) in [5, 5.41) is 4.74. The molecular formula is C17H12ClN3O2S2. The lowest BCUT2D eigenvalue weighted by atomic mass is 10.2. The van der Waals surface area contributed by atoms with Gasteiger partial charge in [-0.2, -0.15) is 4.98 Å². The van der Waals surface area contributed by atoms with Crippen molar-refractivity contribution in [2.24, 2.45) is 0 Å². The molecule has 0 fully saturated rings. The third-order valence-corrected chi connectivity index (χ3v) is 5.86. The first kappa shape index (κ1) is 16.4. The van der Waals surface area contributed by atoms with Gasteiger partial charge in [-0.15, -0.1) is 11.3 Å². The summed E-state index contributed by atoms with van der Waals surface area (Å²) in [6, 6.07) is 13.3. The van der Waals surface area contributed by atoms with E-state index in [1.165, 1.54) is 0 Å². The SMILES string of the molecule is COc1ccccc1-c1noc(CSc2nc3cc(Cl)ccc3s2)n1. The van der Waals surface area contributed by atoms with Crippen molar-refractivity contribution in [2.75, 3.05) is 7.11 Å². The lowest BCUT2D eigenvalue weighted by Gasteiger charge is -2.02. The number of ether oxygens (including phenoxy) is 1. The van der Waals surface area contributed by atoms with E-state index in [0.717, 1.165) is 20.1 Å². The zero-order valence-electron chi connectivity index (χ0n) is 13.1. The number of thioether (sulfide) groups is 1. The maximum Gasteiger partial charge on any atom is 0.237 e. The maximum absolute atomic E-state index is 6.00. The molecule has 0 atom stereocenters. The van der Waals surface area contributed by atoms with Crippen LogP contribution in [0.15, 0.2) is 51.3 Å². The molecule has 2 aromatic heterocycles. The maximum atomic E-state index is 6.00. The number of rotatable bonds is 5. The van der Waals surface area contributed by atoms with Gasteiger partial charge >= 0.3 is 0 Å². The van der Waals surface area contributed by atoms with Crippen LogP contribution in [0.1, 0.15) is 5.89 Å². The lowest BCUT2D eigenvalue weighted by molar-refractivity contribution is 0.390. The van der Waals surface area contributed by atoms with Crippen LogP contribution >= 0.6 is 34.7 Å². The molecular weight excluding hydrogens is 378 g/mol. The smallest absolute Gasteiger partial charge is 0.237 e. The molecule has 4 rings (SSSR count). The van der Waals surface area contributed by atoms with Crippen LogP contribution in [0.3, 0.4) is 0 Å². The fourth-order valence-electron chi connectivity index (χ4n) is 2.32. The van der Waals surface area contributed by atoms with Crippen LogP contribution in [0.25, 0.3) is 21.6 Å². The predicted molar refractivity (Wildman–Crippen MR) is 100 cm³/mol. The number of fused-ring (bicyclic) bond motifs is 1. The summed E-state index contributed by atoms with van der Waals surface area (Å²) in [4.78, 5) is 9.02. The highest BCUT2D eigenvalue weighted by atomic mass is 35.5. The van der Waals surface area contributed by atoms with Gasteiger partial charge in [0, 0.05) is 5.02 Å². The normalized spacial score (nSPS) is 11.1. The molecule has 0 aliphatic heterocycles. The molecule has 2 aromatic carbocycles. The van der Waals surface area contributed by atoms with Crippen LogP contribution in [0, 0.1) is 0 Å². The second-order valence-electron chi connectivity index (χ2n) is 5.09. The van der Waals surface area contributed by atoms with Gasteiger partial charge in [0.05, 0.1) is 28.6 Å². The Balaban J connectivity index is 1.51. The van der Waals surface area contributed by atoms with Gasteiger partial charge in [-0.1, -0.05) is 40.7 Å². The van der Waals surface area contributed by atoms with Gasteiger partial charge in [0.2, 0.25) is 11.7 Å². The highest BCUT2D eigenvalue weighted by molar-refractivity contribution is 8.00. The topological polar surface area (TPSA) is 61.0 Å². The highest BCUT2D eigenvalue weighted by Gasteiger charge is 2.14. The molecule has 0 aliphatic rings. The Bertz CT molecular complexity index is 1030. The fourth-order valence-corrected chi connectivity index (χ4v) is 4.37. The average Bonchev–Trinajstić information content (AvgIpc) is 3.26. The van der Waals surface area contributed by atoms with Crippen molar-refractivity contribution in [2.45, 2.75) is 10.1 Å². The lowest BCUT2D eigenvalue weighted by Crippen LogP contribution is -1.89. The molecule has 0 radical (unpaired) electrons. The minimum Gasteiger partial charge on any atom is -0.496 e. The van der Waals surface area contributed by atoms with E-state index in [4.69, 9.17) is 20.9 Å². The van der Waals surface area contributed by atoms with Crippen molar-refractivity contribution in [1.82, 2.24) is 15.1 Å². The molecule has 8 heteroatoms. The third kappa shape index (κ3) is 3.49. The van der Waals surface area contributed by atoms with E-state index in [-0.39, 0.29) is 0 Å². The molecule has 0 saturated heterocycles. The van der Waals surface area contributed by atoms with Gasteiger partial charge < -0.3 is 9.26 Å². The van der Waals surface area contributed by atoms with Crippen LogP contribution in [0.5, 0.6) is 5.75 Å². The van der Waals surface area contributed by atoms with Crippen LogP contribution in [-0.2, 0) is 5.75 Å². The predicted octanol–water partition coefficient (Wildman–Crippen LogP) is 5.30. The number of benzene rings is 2. The number of nitrogens with zero attached hydrogens (tertiary/aromatic N) is 3. The number of hydrogen-bond acceptors (Lipinski definition) is 7. The fraction of sp³-hybridized carbons (Fsp3) is 0.118. The first-order valence-corrected chi connectivity index (χ1v) is 9.56. The largest absolute Gasteiger partial charge is 0.496 e. The zero-order valence-corrected chi connectivity index (χ0v) is 15.5. The van der Waals surface area contributed by atoms with Gasteiger partial charge in [0.25, 0.3) is 0 Å². The number of hydrogen-bond donors (Lipinski definition) is 0. The zero-order chi connectivity index (χ0) is 17.2. The summed E-state index contributed by atoms with van der Waals surface area (Å²) >= 11 is 9.18. The van der Waals surface area contributed by atoms with Crippen LogP contribution < -0.4 is 4.74 Å². The molecule has 0 N–H and O–H groups in total. The Morgan fingerprint density at radius 1 is 1.20 bits per heavy atom. The Hall–Kier alpha value is -2.09. The van der Waals surface area contributed by atoms with Gasteiger partial charge in [0.15, 0.2) is 4.34 Å². The second-order valence-corrected chi connectivity index (χ2v) is 7.78. The molecule has 4 aromatic rings. The van der Waals surface area contributed by atoms with E-state index in [9.17, 15) is 0 Å². The molecule has 0 aliphatic carbocycles. The van der Waals surface area contributed by atoms with Crippen molar-refractivity contribution in [3.8, 4) is 17.1 Å². The van der Waals surface area contributed by atoms with E-state index in [0.29, 0.717) is 28.2 Å². The highest BCUT2D eigenvalue weighted by Crippen LogP contribution is 2.33. The van der Waals surface area contributed by atoms with E-state index in [2.05, 4.69) is 15.1 Å². The van der Waals surface area contributed by atoms with Gasteiger partial charge in [-0.05, 0) is 30.3 Å². The number of thiazole rings is 1. The summed E-state index contributed by atoms with van der Waals surface area (Å²) < 4.78 is 12.7. The van der Waals surface area contributed by atoms with Crippen molar-refractivity contribution < 1.29 is 9.26 Å². The minimum absolute atomic E-state index is 0.518. The molecule has 5 nitrogen and oxygen atoms in total. The molecule has 0 unspecified atom stereocenters. The minimum atomic E-state index is 0.518. The molecule has 25 heavy (non-hydrogen) atoms. The van der Waals surface area contributed by atoms with Gasteiger partial charge in [0.1, 0.15) is 5.75 Å². The van der Waals surface area contributed by atoms with Crippen LogP contribution in [0.4, 0.5) is 0 Å². The van der Waals surface area contributed by atoms with Crippen molar-refractivity contribution in [3.63, 3.8) is 0 Å². The van der Waals surface area contributed by atoms with Crippen molar-refractivity contribution in [3.05, 3.63) is 53.4 Å². The van der Waals surface area contributed by atoms with E-state index in [1.54, 1.807) is 30.2 Å². The molecule has 2 heterocycles. The Morgan fingerprint density at radius 3 is 2.96 bits per heavy atom. The number of halogens is 1. The Kier molecular flexibility index (Phi) is 4.61. The molecule has 0 saturated carbocycles. The monoisotopic (exact) mass is 389 g/mol. The summed E-state index contributed by atoms with van der Waals surface area (Å²) in [5.41, 5.74) is 1.71. The summed E-state index contributed by atoms with van der Waals surface area (Å²) in [7, 11) is 1.62. The number of methoxy groups -OCH3 is 1. The summed E-state index contributed by atoms with van der Waals surface area (Å²) in [6.07, 6.45) is 0. The quantitative estimate of drug-likeness (QED) is 0.431. The van der Waals surface area contributed by atoms with Crippen molar-refractivity contribution in [1.29, 1.82) is 0 Å². The van der Waals surface area contributed by atoms with Crippen LogP contribution in [-0.4, -0.2) is 22.2 Å². The van der Waals surface area contributed by atoms with Gasteiger partial charge in [-0.25, -0.2) is 4.98 Å². The number of aromatic nitrogens is 3. The molecule has 0 amide bonds. The third-order valence-electron chi connectivity index (χ3n) is 3.47. The van der Waals surface area contributed by atoms with Crippen molar-refractivity contribution >= 4 is 44.9 Å². The molecule has 0 bridgehead atoms. The second kappa shape index (κ2) is 7.03. The first-order valence-electron chi connectivity index (χ1n) is 7.38. The van der Waals surface area contributed by atoms with Gasteiger partial charge in [-0.3, -0.25) is 0 Å². The number of para-hydroxylation sites is 1. The molecule has 0 spiro atoms.